The first-order chi connectivity index (χ1) is 13.6. The van der Waals surface area contributed by atoms with Gasteiger partial charge < -0.3 is 14.8 Å². The molecular formula is C22H26N2O4. The SMILES string of the molecule is CC(=O)NCc1ccc(C(=O)OCC2CN(Cc3ccccc3)CCO2)cc1. The average Bonchev–Trinajstić information content (AvgIpc) is 2.72. The fraction of sp³-hybridized carbons (Fsp3) is 0.364. The number of benzene rings is 2. The lowest BCUT2D eigenvalue weighted by atomic mass is 10.1. The van der Waals surface area contributed by atoms with Crippen LogP contribution in [0.4, 0.5) is 0 Å². The molecule has 1 saturated heterocycles. The van der Waals surface area contributed by atoms with E-state index >= 15 is 0 Å². The molecule has 6 nitrogen and oxygen atoms in total. The number of rotatable bonds is 7. The Kier molecular flexibility index (Phi) is 7.17. The molecule has 2 aromatic carbocycles. The summed E-state index contributed by atoms with van der Waals surface area (Å²) < 4.78 is 11.2. The predicted octanol–water partition coefficient (Wildman–Crippen LogP) is 2.38. The van der Waals surface area contributed by atoms with Crippen LogP contribution in [0.15, 0.2) is 54.6 Å². The van der Waals surface area contributed by atoms with E-state index < -0.39 is 0 Å². The van der Waals surface area contributed by atoms with Crippen molar-refractivity contribution in [3.8, 4) is 0 Å². The normalized spacial score (nSPS) is 17.1. The van der Waals surface area contributed by atoms with E-state index in [1.165, 1.54) is 12.5 Å². The van der Waals surface area contributed by atoms with Crippen LogP contribution >= 0.6 is 0 Å². The molecule has 0 spiro atoms. The number of hydrogen-bond acceptors (Lipinski definition) is 5. The zero-order valence-electron chi connectivity index (χ0n) is 16.1. The minimum atomic E-state index is -0.366. The van der Waals surface area contributed by atoms with Gasteiger partial charge in [0.15, 0.2) is 0 Å². The van der Waals surface area contributed by atoms with Crippen molar-refractivity contribution < 1.29 is 19.1 Å². The number of carbonyl (C=O) groups is 2. The van der Waals surface area contributed by atoms with Gasteiger partial charge in [-0.1, -0.05) is 42.5 Å². The first kappa shape index (κ1) is 20.0. The topological polar surface area (TPSA) is 67.9 Å². The number of nitrogens with one attached hydrogen (secondary N) is 1. The number of esters is 1. The highest BCUT2D eigenvalue weighted by Crippen LogP contribution is 2.12. The Bertz CT molecular complexity index is 777. The van der Waals surface area contributed by atoms with E-state index in [1.54, 1.807) is 12.1 Å². The highest BCUT2D eigenvalue weighted by Gasteiger charge is 2.22. The lowest BCUT2D eigenvalue weighted by Crippen LogP contribution is -2.44. The Morgan fingerprint density at radius 3 is 2.57 bits per heavy atom. The molecule has 1 N–H and O–H groups in total. The number of carbonyl (C=O) groups excluding carboxylic acids is 2. The van der Waals surface area contributed by atoms with Crippen molar-refractivity contribution in [1.29, 1.82) is 0 Å². The van der Waals surface area contributed by atoms with Gasteiger partial charge in [0.2, 0.25) is 5.91 Å². The molecule has 148 valence electrons. The lowest BCUT2D eigenvalue weighted by molar-refractivity contribution is -0.119. The molecular weight excluding hydrogens is 356 g/mol. The van der Waals surface area contributed by atoms with Crippen LogP contribution < -0.4 is 5.32 Å². The van der Waals surface area contributed by atoms with Gasteiger partial charge in [-0.3, -0.25) is 9.69 Å². The van der Waals surface area contributed by atoms with Crippen molar-refractivity contribution in [2.75, 3.05) is 26.3 Å². The summed E-state index contributed by atoms with van der Waals surface area (Å²) in [6, 6.07) is 17.4. The van der Waals surface area contributed by atoms with Gasteiger partial charge in [0.1, 0.15) is 12.7 Å². The van der Waals surface area contributed by atoms with Crippen LogP contribution in [-0.4, -0.2) is 49.2 Å². The summed E-state index contributed by atoms with van der Waals surface area (Å²) in [6.45, 7) is 5.25. The zero-order chi connectivity index (χ0) is 19.8. The summed E-state index contributed by atoms with van der Waals surface area (Å²) in [5.41, 5.74) is 2.68. The van der Waals surface area contributed by atoms with Gasteiger partial charge in [0, 0.05) is 33.1 Å². The second-order valence-corrected chi connectivity index (χ2v) is 6.92. The molecule has 0 aromatic heterocycles. The predicted molar refractivity (Wildman–Crippen MR) is 106 cm³/mol. The number of ether oxygens (including phenoxy) is 2. The number of morpholine rings is 1. The second kappa shape index (κ2) is 10.0. The van der Waals surface area contributed by atoms with Gasteiger partial charge in [-0.25, -0.2) is 4.79 Å². The van der Waals surface area contributed by atoms with E-state index in [1.807, 2.05) is 30.3 Å². The summed E-state index contributed by atoms with van der Waals surface area (Å²) >= 11 is 0. The van der Waals surface area contributed by atoms with Crippen molar-refractivity contribution >= 4 is 11.9 Å². The Labute approximate surface area is 165 Å². The van der Waals surface area contributed by atoms with Crippen LogP contribution in [0.2, 0.25) is 0 Å². The third kappa shape index (κ3) is 6.18. The minimum absolute atomic E-state index is 0.0859. The Hall–Kier alpha value is -2.70. The molecule has 3 rings (SSSR count). The standard InChI is InChI=1S/C22H26N2O4/c1-17(25)23-13-18-7-9-20(10-8-18)22(26)28-16-21-15-24(11-12-27-21)14-19-5-3-2-4-6-19/h2-10,21H,11-16H2,1H3,(H,23,25). The van der Waals surface area contributed by atoms with E-state index in [0.717, 1.165) is 25.2 Å². The van der Waals surface area contributed by atoms with Gasteiger partial charge in [0.05, 0.1) is 12.2 Å². The van der Waals surface area contributed by atoms with Gasteiger partial charge in [0.25, 0.3) is 0 Å². The third-order valence-electron chi connectivity index (χ3n) is 4.60. The van der Waals surface area contributed by atoms with Crippen molar-refractivity contribution in [1.82, 2.24) is 10.2 Å². The van der Waals surface area contributed by atoms with E-state index in [9.17, 15) is 9.59 Å². The number of nitrogens with zero attached hydrogens (tertiary/aromatic N) is 1. The monoisotopic (exact) mass is 382 g/mol. The highest BCUT2D eigenvalue weighted by molar-refractivity contribution is 5.89. The molecule has 0 bridgehead atoms. The summed E-state index contributed by atoms with van der Waals surface area (Å²) in [5, 5.41) is 2.72. The maximum atomic E-state index is 12.3. The Morgan fingerprint density at radius 2 is 1.86 bits per heavy atom. The summed E-state index contributed by atoms with van der Waals surface area (Å²) in [4.78, 5) is 25.5. The molecule has 1 fully saturated rings. The molecule has 6 heteroatoms. The van der Waals surface area contributed by atoms with Gasteiger partial charge in [-0.05, 0) is 23.3 Å². The first-order valence-electron chi connectivity index (χ1n) is 9.48. The fourth-order valence-electron chi connectivity index (χ4n) is 3.10. The second-order valence-electron chi connectivity index (χ2n) is 6.92. The van der Waals surface area contributed by atoms with Gasteiger partial charge in [-0.2, -0.15) is 0 Å². The Morgan fingerprint density at radius 1 is 1.11 bits per heavy atom. The fourth-order valence-corrected chi connectivity index (χ4v) is 3.10. The first-order valence-corrected chi connectivity index (χ1v) is 9.48. The van der Waals surface area contributed by atoms with E-state index in [2.05, 4.69) is 22.3 Å². The van der Waals surface area contributed by atoms with E-state index in [4.69, 9.17) is 9.47 Å². The molecule has 28 heavy (non-hydrogen) atoms. The quantitative estimate of drug-likeness (QED) is 0.745. The van der Waals surface area contributed by atoms with Gasteiger partial charge >= 0.3 is 5.97 Å². The van der Waals surface area contributed by atoms with Crippen LogP contribution in [-0.2, 0) is 27.4 Å². The van der Waals surface area contributed by atoms with Crippen LogP contribution in [0, 0.1) is 0 Å². The summed E-state index contributed by atoms with van der Waals surface area (Å²) in [6.07, 6.45) is -0.125. The smallest absolute Gasteiger partial charge is 0.338 e. The third-order valence-corrected chi connectivity index (χ3v) is 4.60. The largest absolute Gasteiger partial charge is 0.459 e. The zero-order valence-corrected chi connectivity index (χ0v) is 16.1. The summed E-state index contributed by atoms with van der Waals surface area (Å²) in [7, 11) is 0. The Balaban J connectivity index is 1.45. The maximum Gasteiger partial charge on any atom is 0.338 e. The molecule has 0 aliphatic carbocycles. The minimum Gasteiger partial charge on any atom is -0.459 e. The van der Waals surface area contributed by atoms with E-state index in [0.29, 0.717) is 18.7 Å². The van der Waals surface area contributed by atoms with Crippen LogP contribution in [0.25, 0.3) is 0 Å². The molecule has 2 aromatic rings. The molecule has 1 heterocycles. The molecule has 1 atom stereocenters. The van der Waals surface area contributed by atoms with Crippen LogP contribution in [0.3, 0.4) is 0 Å². The molecule has 0 saturated carbocycles. The average molecular weight is 382 g/mol. The van der Waals surface area contributed by atoms with Gasteiger partial charge in [-0.15, -0.1) is 0 Å². The van der Waals surface area contributed by atoms with E-state index in [-0.39, 0.29) is 24.6 Å². The molecule has 1 aliphatic rings. The molecule has 1 aliphatic heterocycles. The molecule has 1 unspecified atom stereocenters. The van der Waals surface area contributed by atoms with Crippen LogP contribution in [0.5, 0.6) is 0 Å². The lowest BCUT2D eigenvalue weighted by Gasteiger charge is -2.32. The number of amides is 1. The van der Waals surface area contributed by atoms with Crippen molar-refractivity contribution in [2.45, 2.75) is 26.1 Å². The number of hydrogen-bond donors (Lipinski definition) is 1. The van der Waals surface area contributed by atoms with Crippen molar-refractivity contribution in [2.24, 2.45) is 0 Å². The highest BCUT2D eigenvalue weighted by atomic mass is 16.6. The maximum absolute atomic E-state index is 12.3. The molecule has 1 amide bonds. The van der Waals surface area contributed by atoms with Crippen LogP contribution in [0.1, 0.15) is 28.4 Å². The van der Waals surface area contributed by atoms with Crippen molar-refractivity contribution in [3.63, 3.8) is 0 Å². The molecule has 0 radical (unpaired) electrons. The summed E-state index contributed by atoms with van der Waals surface area (Å²) in [5.74, 6) is -0.452. The van der Waals surface area contributed by atoms with Crippen molar-refractivity contribution in [3.05, 3.63) is 71.3 Å².